The first kappa shape index (κ1) is 16.2. The highest BCUT2D eigenvalue weighted by Crippen LogP contribution is 2.64. The Bertz CT molecular complexity index is 384. The Balaban J connectivity index is 2.29. The summed E-state index contributed by atoms with van der Waals surface area (Å²) in [5.41, 5.74) is -0.148. The van der Waals surface area contributed by atoms with Gasteiger partial charge in [-0.1, -0.05) is 55.4 Å². The molecule has 118 valence electrons. The third-order valence-electron chi connectivity index (χ3n) is 6.07. The summed E-state index contributed by atoms with van der Waals surface area (Å²) >= 11 is 0. The van der Waals surface area contributed by atoms with Crippen LogP contribution < -0.4 is 0 Å². The minimum atomic E-state index is -1.02. The highest BCUT2D eigenvalue weighted by molar-refractivity contribution is 5.05. The lowest BCUT2D eigenvalue weighted by molar-refractivity contribution is -0.334. The van der Waals surface area contributed by atoms with Gasteiger partial charge in [0, 0.05) is 0 Å². The Hall–Kier alpha value is -0.160. The predicted octanol–water partition coefficient (Wildman–Crippen LogP) is 4.45. The molecule has 2 heterocycles. The van der Waals surface area contributed by atoms with Crippen molar-refractivity contribution in [3.05, 3.63) is 0 Å². The van der Waals surface area contributed by atoms with Crippen LogP contribution in [0.25, 0.3) is 0 Å². The molecule has 2 fully saturated rings. The first-order chi connectivity index (χ1) is 8.77. The lowest BCUT2D eigenvalue weighted by Gasteiger charge is -2.46. The Morgan fingerprint density at radius 2 is 1.35 bits per heavy atom. The molecule has 0 aromatic carbocycles. The van der Waals surface area contributed by atoms with Crippen molar-refractivity contribution < 1.29 is 19.6 Å². The van der Waals surface area contributed by atoms with E-state index in [9.17, 15) is 0 Å². The second-order valence-electron chi connectivity index (χ2n) is 9.18. The molecule has 0 aromatic rings. The standard InChI is InChI=1S/C16H30O4/c1-12(2,3)14(7,8)10-11-15(9,13(4,5)6)16(18-17-11)19-20-16/h11H,10H2,1-9H3. The Labute approximate surface area is 123 Å². The van der Waals surface area contributed by atoms with Crippen molar-refractivity contribution in [3.8, 4) is 0 Å². The molecule has 2 aliphatic heterocycles. The summed E-state index contributed by atoms with van der Waals surface area (Å²) in [5.74, 6) is -1.02. The van der Waals surface area contributed by atoms with Gasteiger partial charge in [-0.25, -0.2) is 4.89 Å². The summed E-state index contributed by atoms with van der Waals surface area (Å²) in [5, 5.41) is 0. The van der Waals surface area contributed by atoms with Crippen LogP contribution in [0.2, 0.25) is 0 Å². The van der Waals surface area contributed by atoms with E-state index in [-0.39, 0.29) is 27.8 Å². The first-order valence-electron chi connectivity index (χ1n) is 7.48. The molecule has 20 heavy (non-hydrogen) atoms. The normalized spacial score (nSPS) is 33.8. The summed E-state index contributed by atoms with van der Waals surface area (Å²) in [6.07, 6.45) is 0.817. The van der Waals surface area contributed by atoms with E-state index >= 15 is 0 Å². The zero-order valence-electron chi connectivity index (χ0n) is 14.4. The molecule has 0 saturated carbocycles. The fourth-order valence-corrected chi connectivity index (χ4v) is 2.69. The fourth-order valence-electron chi connectivity index (χ4n) is 2.69. The molecule has 0 aromatic heterocycles. The van der Waals surface area contributed by atoms with Crippen LogP contribution >= 0.6 is 0 Å². The maximum Gasteiger partial charge on any atom is 0.374 e. The van der Waals surface area contributed by atoms with Crippen LogP contribution in [0.4, 0.5) is 0 Å². The zero-order valence-corrected chi connectivity index (χ0v) is 14.4. The highest BCUT2D eigenvalue weighted by Gasteiger charge is 2.78. The molecular formula is C16H30O4. The van der Waals surface area contributed by atoms with Crippen LogP contribution in [0.15, 0.2) is 0 Å². The average molecular weight is 286 g/mol. The van der Waals surface area contributed by atoms with Crippen LogP contribution in [0.5, 0.6) is 0 Å². The largest absolute Gasteiger partial charge is 0.374 e. The van der Waals surface area contributed by atoms with Crippen molar-refractivity contribution in [2.75, 3.05) is 0 Å². The quantitative estimate of drug-likeness (QED) is 0.555. The lowest BCUT2D eigenvalue weighted by atomic mass is 9.58. The van der Waals surface area contributed by atoms with Gasteiger partial charge in [0.25, 0.3) is 0 Å². The topological polar surface area (TPSA) is 43.5 Å². The average Bonchev–Trinajstić information content (AvgIpc) is 2.95. The van der Waals surface area contributed by atoms with E-state index in [0.717, 1.165) is 6.42 Å². The third kappa shape index (κ3) is 2.12. The van der Waals surface area contributed by atoms with Gasteiger partial charge in [0.1, 0.15) is 6.10 Å². The molecule has 2 rings (SSSR count). The van der Waals surface area contributed by atoms with Crippen LogP contribution in [0, 0.1) is 21.7 Å². The minimum absolute atomic E-state index is 0.0702. The molecule has 0 aliphatic carbocycles. The summed E-state index contributed by atoms with van der Waals surface area (Å²) in [6, 6.07) is 0. The Kier molecular flexibility index (Phi) is 3.40. The van der Waals surface area contributed by atoms with Gasteiger partial charge in [-0.2, -0.15) is 14.7 Å². The molecule has 2 aliphatic rings. The number of rotatable bonds is 2. The Morgan fingerprint density at radius 3 is 1.70 bits per heavy atom. The van der Waals surface area contributed by atoms with E-state index in [0.29, 0.717) is 0 Å². The van der Waals surface area contributed by atoms with Crippen molar-refractivity contribution in [1.82, 2.24) is 0 Å². The molecule has 1 spiro atoms. The van der Waals surface area contributed by atoms with Gasteiger partial charge in [0.2, 0.25) is 0 Å². The molecule has 4 heteroatoms. The van der Waals surface area contributed by atoms with Crippen LogP contribution in [0.1, 0.15) is 68.7 Å². The monoisotopic (exact) mass is 286 g/mol. The van der Waals surface area contributed by atoms with E-state index in [1.165, 1.54) is 0 Å². The van der Waals surface area contributed by atoms with Crippen molar-refractivity contribution in [3.63, 3.8) is 0 Å². The number of hydrogen-bond donors (Lipinski definition) is 0. The van der Waals surface area contributed by atoms with Gasteiger partial charge in [0.15, 0.2) is 0 Å². The van der Waals surface area contributed by atoms with E-state index < -0.39 is 5.97 Å². The maximum atomic E-state index is 5.65. The van der Waals surface area contributed by atoms with Crippen LogP contribution in [-0.2, 0) is 19.6 Å². The van der Waals surface area contributed by atoms with E-state index in [4.69, 9.17) is 19.6 Å². The van der Waals surface area contributed by atoms with E-state index in [2.05, 4.69) is 62.3 Å². The van der Waals surface area contributed by atoms with Gasteiger partial charge in [0.05, 0.1) is 5.41 Å². The van der Waals surface area contributed by atoms with Crippen LogP contribution in [0.3, 0.4) is 0 Å². The SMILES string of the molecule is CC(C)(C)C(C)(C)CC1OOC2(OO2)C1(C)C(C)(C)C. The molecular weight excluding hydrogens is 256 g/mol. The minimum Gasteiger partial charge on any atom is -0.227 e. The zero-order chi connectivity index (χ0) is 15.6. The van der Waals surface area contributed by atoms with Crippen molar-refractivity contribution in [2.45, 2.75) is 80.8 Å². The molecule has 2 unspecified atom stereocenters. The molecule has 0 radical (unpaired) electrons. The van der Waals surface area contributed by atoms with E-state index in [1.807, 2.05) is 0 Å². The molecule has 0 amide bonds. The van der Waals surface area contributed by atoms with Crippen molar-refractivity contribution >= 4 is 0 Å². The molecule has 0 N–H and O–H groups in total. The number of hydrogen-bond acceptors (Lipinski definition) is 4. The van der Waals surface area contributed by atoms with Gasteiger partial charge in [-0.05, 0) is 29.6 Å². The second kappa shape index (κ2) is 4.19. The molecule has 4 nitrogen and oxygen atoms in total. The third-order valence-corrected chi connectivity index (χ3v) is 6.07. The summed E-state index contributed by atoms with van der Waals surface area (Å²) in [6.45, 7) is 20.0. The van der Waals surface area contributed by atoms with Crippen molar-refractivity contribution in [2.24, 2.45) is 21.7 Å². The highest BCUT2D eigenvalue weighted by atomic mass is 17.5. The Morgan fingerprint density at radius 1 is 0.850 bits per heavy atom. The second-order valence-corrected chi connectivity index (χ2v) is 9.18. The summed E-state index contributed by atoms with van der Waals surface area (Å²) < 4.78 is 0. The van der Waals surface area contributed by atoms with Gasteiger partial charge < -0.3 is 0 Å². The molecule has 0 bridgehead atoms. The first-order valence-corrected chi connectivity index (χ1v) is 7.48. The van der Waals surface area contributed by atoms with Crippen molar-refractivity contribution in [1.29, 1.82) is 0 Å². The summed E-state index contributed by atoms with van der Waals surface area (Å²) in [4.78, 5) is 21.4. The predicted molar refractivity (Wildman–Crippen MR) is 76.3 cm³/mol. The smallest absolute Gasteiger partial charge is 0.227 e. The molecule has 2 atom stereocenters. The molecule has 2 saturated heterocycles. The lowest BCUT2D eigenvalue weighted by Crippen LogP contribution is -2.51. The van der Waals surface area contributed by atoms with E-state index in [1.54, 1.807) is 0 Å². The van der Waals surface area contributed by atoms with Gasteiger partial charge >= 0.3 is 5.97 Å². The van der Waals surface area contributed by atoms with Crippen LogP contribution in [-0.4, -0.2) is 12.1 Å². The fraction of sp³-hybridized carbons (Fsp3) is 1.00. The van der Waals surface area contributed by atoms with Gasteiger partial charge in [-0.15, -0.1) is 0 Å². The summed E-state index contributed by atoms with van der Waals surface area (Å²) in [7, 11) is 0. The van der Waals surface area contributed by atoms with Gasteiger partial charge in [-0.3, -0.25) is 0 Å². The maximum absolute atomic E-state index is 5.65.